The van der Waals surface area contributed by atoms with Crippen LogP contribution in [0, 0.1) is 17.5 Å². The number of hydrogen-bond acceptors (Lipinski definition) is 3. The lowest BCUT2D eigenvalue weighted by molar-refractivity contribution is 0.262. The Morgan fingerprint density at radius 3 is 2.54 bits per heavy atom. The Labute approximate surface area is 165 Å². The van der Waals surface area contributed by atoms with Crippen molar-refractivity contribution in [2.24, 2.45) is 0 Å². The second-order valence-corrected chi connectivity index (χ2v) is 6.47. The van der Waals surface area contributed by atoms with Gasteiger partial charge in [-0.2, -0.15) is 0 Å². The van der Waals surface area contributed by atoms with Crippen LogP contribution in [-0.2, 0) is 6.54 Å². The third kappa shape index (κ3) is 4.58. The van der Waals surface area contributed by atoms with Crippen LogP contribution in [0.25, 0.3) is 0 Å². The molecule has 0 fully saturated rings. The first kappa shape index (κ1) is 19.6. The molecule has 6 nitrogen and oxygen atoms in total. The maximum atomic E-state index is 13.6. The largest absolute Gasteiger partial charge is 0.324 e. The summed E-state index contributed by atoms with van der Waals surface area (Å²) in [5.41, 5.74) is -0.196. The molecule has 1 heterocycles. The average Bonchev–Trinajstić information content (AvgIpc) is 2.64. The van der Waals surface area contributed by atoms with Gasteiger partial charge in [0.2, 0.25) is 0 Å². The Kier molecular flexibility index (Phi) is 5.78. The van der Waals surface area contributed by atoms with Gasteiger partial charge in [-0.05, 0) is 45.8 Å². The Hall–Kier alpha value is -3.14. The van der Waals surface area contributed by atoms with E-state index in [4.69, 9.17) is 0 Å². The zero-order valence-electron chi connectivity index (χ0n) is 14.0. The van der Waals surface area contributed by atoms with Gasteiger partial charge in [-0.15, -0.1) is 0 Å². The third-order valence-electron chi connectivity index (χ3n) is 3.64. The van der Waals surface area contributed by atoms with Gasteiger partial charge in [0.1, 0.15) is 28.3 Å². The normalized spacial score (nSPS) is 10.6. The van der Waals surface area contributed by atoms with E-state index in [0.29, 0.717) is 11.6 Å². The molecule has 144 valence electrons. The molecule has 10 heteroatoms. The number of anilines is 2. The van der Waals surface area contributed by atoms with Crippen molar-refractivity contribution in [2.75, 3.05) is 10.6 Å². The lowest BCUT2D eigenvalue weighted by Crippen LogP contribution is -2.26. The van der Waals surface area contributed by atoms with Gasteiger partial charge in [0, 0.05) is 6.07 Å². The fourth-order valence-corrected chi connectivity index (χ4v) is 2.78. The monoisotopic (exact) mass is 452 g/mol. The lowest BCUT2D eigenvalue weighted by atomic mass is 10.2. The van der Waals surface area contributed by atoms with Gasteiger partial charge in [-0.25, -0.2) is 22.9 Å². The number of nitrogens with one attached hydrogen (secondary N) is 2. The second-order valence-electron chi connectivity index (χ2n) is 5.67. The molecule has 0 saturated carbocycles. The van der Waals surface area contributed by atoms with Crippen LogP contribution in [0.2, 0.25) is 0 Å². The molecule has 0 spiro atoms. The number of urea groups is 1. The van der Waals surface area contributed by atoms with Crippen LogP contribution in [0.5, 0.6) is 0 Å². The van der Waals surface area contributed by atoms with Crippen molar-refractivity contribution >= 4 is 33.5 Å². The highest BCUT2D eigenvalue weighted by atomic mass is 79.9. The first-order valence-corrected chi connectivity index (χ1v) is 8.65. The van der Waals surface area contributed by atoms with Crippen LogP contribution >= 0.6 is 15.9 Å². The van der Waals surface area contributed by atoms with Crippen molar-refractivity contribution in [3.05, 3.63) is 86.6 Å². The van der Waals surface area contributed by atoms with E-state index in [0.717, 1.165) is 12.1 Å². The highest BCUT2D eigenvalue weighted by molar-refractivity contribution is 9.10. The van der Waals surface area contributed by atoms with Crippen molar-refractivity contribution in [1.82, 2.24) is 9.55 Å². The molecule has 0 radical (unpaired) electrons. The highest BCUT2D eigenvalue weighted by Crippen LogP contribution is 2.18. The number of amides is 2. The molecule has 3 rings (SSSR count). The molecule has 2 N–H and O–H groups in total. The molecule has 2 aromatic carbocycles. The summed E-state index contributed by atoms with van der Waals surface area (Å²) in [6.45, 7) is 0.0788. The number of rotatable bonds is 4. The van der Waals surface area contributed by atoms with E-state index in [1.54, 1.807) is 6.07 Å². The number of nitrogens with zero attached hydrogens (tertiary/aromatic N) is 2. The highest BCUT2D eigenvalue weighted by Gasteiger charge is 2.14. The van der Waals surface area contributed by atoms with E-state index in [-0.39, 0.29) is 22.5 Å². The molecule has 28 heavy (non-hydrogen) atoms. The molecule has 0 saturated heterocycles. The summed E-state index contributed by atoms with van der Waals surface area (Å²) in [4.78, 5) is 28.4. The Morgan fingerprint density at radius 1 is 1.07 bits per heavy atom. The van der Waals surface area contributed by atoms with Crippen LogP contribution < -0.4 is 16.2 Å². The summed E-state index contributed by atoms with van der Waals surface area (Å²) in [5.74, 6) is -2.26. The van der Waals surface area contributed by atoms with Crippen LogP contribution in [0.3, 0.4) is 0 Å². The number of carbonyl (C=O) groups is 1. The fraction of sp³-hybridized carbons (Fsp3) is 0.0556. The van der Waals surface area contributed by atoms with Gasteiger partial charge in [0.15, 0.2) is 5.82 Å². The summed E-state index contributed by atoms with van der Waals surface area (Å²) >= 11 is 3.06. The minimum absolute atomic E-state index is 0.0406. The van der Waals surface area contributed by atoms with Gasteiger partial charge in [0.05, 0.1) is 12.2 Å². The van der Waals surface area contributed by atoms with Gasteiger partial charge in [0.25, 0.3) is 5.56 Å². The summed E-state index contributed by atoms with van der Waals surface area (Å²) < 4.78 is 41.0. The van der Waals surface area contributed by atoms with E-state index >= 15 is 0 Å². The molecule has 0 unspecified atom stereocenters. The Balaban J connectivity index is 1.75. The zero-order valence-corrected chi connectivity index (χ0v) is 15.6. The molecule has 0 bridgehead atoms. The lowest BCUT2D eigenvalue weighted by Gasteiger charge is -2.11. The van der Waals surface area contributed by atoms with E-state index in [1.807, 2.05) is 0 Å². The molecule has 1 aromatic heterocycles. The van der Waals surface area contributed by atoms with Crippen molar-refractivity contribution in [1.29, 1.82) is 0 Å². The number of benzene rings is 2. The predicted octanol–water partition coefficient (Wildman–Crippen LogP) is 4.12. The third-order valence-corrected chi connectivity index (χ3v) is 4.35. The topological polar surface area (TPSA) is 76.0 Å². The first-order chi connectivity index (χ1) is 13.3. The first-order valence-electron chi connectivity index (χ1n) is 7.86. The molecule has 0 atom stereocenters. The number of aromatic nitrogens is 2. The van der Waals surface area contributed by atoms with E-state index in [2.05, 4.69) is 31.5 Å². The van der Waals surface area contributed by atoms with Gasteiger partial charge in [-0.3, -0.25) is 14.7 Å². The van der Waals surface area contributed by atoms with E-state index < -0.39 is 29.0 Å². The number of hydrogen-bond donors (Lipinski definition) is 2. The Bertz CT molecular complexity index is 1100. The van der Waals surface area contributed by atoms with Crippen molar-refractivity contribution in [2.45, 2.75) is 6.54 Å². The van der Waals surface area contributed by atoms with Gasteiger partial charge < -0.3 is 5.32 Å². The minimum atomic E-state index is -0.951. The SMILES string of the molecule is O=C(Nc1ccc(F)cc1F)Nc1ncn(Cc2cccc(F)c2)c(=O)c1Br. The van der Waals surface area contributed by atoms with Crippen LogP contribution in [0.4, 0.5) is 29.5 Å². The quantitative estimate of drug-likeness (QED) is 0.625. The summed E-state index contributed by atoms with van der Waals surface area (Å²) in [6.07, 6.45) is 1.19. The molecule has 0 aliphatic carbocycles. The van der Waals surface area contributed by atoms with Crippen LogP contribution in [0.15, 0.2) is 58.1 Å². The van der Waals surface area contributed by atoms with Crippen LogP contribution in [-0.4, -0.2) is 15.6 Å². The zero-order chi connectivity index (χ0) is 20.3. The second kappa shape index (κ2) is 8.26. The predicted molar refractivity (Wildman–Crippen MR) is 101 cm³/mol. The van der Waals surface area contributed by atoms with E-state index in [1.165, 1.54) is 29.1 Å². The molecular weight excluding hydrogens is 441 g/mol. The fourth-order valence-electron chi connectivity index (χ4n) is 2.35. The summed E-state index contributed by atoms with van der Waals surface area (Å²) in [7, 11) is 0. The molecule has 2 amide bonds. The summed E-state index contributed by atoms with van der Waals surface area (Å²) in [6, 6.07) is 7.54. The van der Waals surface area contributed by atoms with Crippen molar-refractivity contribution < 1.29 is 18.0 Å². The molecule has 3 aromatic rings. The standard InChI is InChI=1S/C18H12BrF3N4O2/c19-15-16(25-18(28)24-14-5-4-12(21)7-13(14)22)23-9-26(17(15)27)8-10-2-1-3-11(20)6-10/h1-7,9H,8H2,(H2,24,25,28). The summed E-state index contributed by atoms with van der Waals surface area (Å²) in [5, 5.41) is 4.49. The smallest absolute Gasteiger partial charge is 0.305 e. The Morgan fingerprint density at radius 2 is 1.82 bits per heavy atom. The van der Waals surface area contributed by atoms with Crippen LogP contribution in [0.1, 0.15) is 5.56 Å². The van der Waals surface area contributed by atoms with Crippen molar-refractivity contribution in [3.8, 4) is 0 Å². The average molecular weight is 453 g/mol. The maximum absolute atomic E-state index is 13.6. The molecule has 0 aliphatic heterocycles. The molecular formula is C18H12BrF3N4O2. The molecule has 0 aliphatic rings. The van der Waals surface area contributed by atoms with Gasteiger partial charge in [-0.1, -0.05) is 12.1 Å². The van der Waals surface area contributed by atoms with Crippen molar-refractivity contribution in [3.63, 3.8) is 0 Å². The number of carbonyl (C=O) groups excluding carboxylic acids is 1. The van der Waals surface area contributed by atoms with Gasteiger partial charge >= 0.3 is 6.03 Å². The minimum Gasteiger partial charge on any atom is -0.305 e. The number of halogens is 4. The maximum Gasteiger partial charge on any atom is 0.324 e. The van der Waals surface area contributed by atoms with E-state index in [9.17, 15) is 22.8 Å².